The van der Waals surface area contributed by atoms with Crippen molar-refractivity contribution >= 4 is 27.5 Å². The van der Waals surface area contributed by atoms with Crippen LogP contribution in [0.1, 0.15) is 11.1 Å². The van der Waals surface area contributed by atoms with E-state index in [0.29, 0.717) is 18.2 Å². The molecule has 0 aliphatic rings. The van der Waals surface area contributed by atoms with Gasteiger partial charge in [0.25, 0.3) is 0 Å². The predicted octanol–water partition coefficient (Wildman–Crippen LogP) is 4.15. The van der Waals surface area contributed by atoms with Crippen molar-refractivity contribution < 1.29 is 9.47 Å². The predicted molar refractivity (Wildman–Crippen MR) is 84.4 cm³/mol. The van der Waals surface area contributed by atoms with Gasteiger partial charge in [0, 0.05) is 27.2 Å². The van der Waals surface area contributed by atoms with E-state index in [4.69, 9.17) is 26.8 Å². The lowest BCUT2D eigenvalue weighted by Gasteiger charge is -2.12. The lowest BCUT2D eigenvalue weighted by molar-refractivity contribution is 0.302. The van der Waals surface area contributed by atoms with Gasteiger partial charge in [-0.05, 0) is 30.3 Å². The fourth-order valence-corrected chi connectivity index (χ4v) is 2.51. The topological polar surface area (TPSA) is 44.5 Å². The molecule has 3 nitrogen and oxygen atoms in total. The van der Waals surface area contributed by atoms with E-state index in [2.05, 4.69) is 15.9 Å². The fourth-order valence-electron chi connectivity index (χ4n) is 1.78. The van der Waals surface area contributed by atoms with Gasteiger partial charge in [-0.1, -0.05) is 33.6 Å². The van der Waals surface area contributed by atoms with Crippen molar-refractivity contribution in [3.05, 3.63) is 57.0 Å². The molecule has 0 atom stereocenters. The Morgan fingerprint density at radius 3 is 2.60 bits per heavy atom. The molecule has 0 bridgehead atoms. The Hall–Kier alpha value is -1.23. The van der Waals surface area contributed by atoms with Crippen LogP contribution in [-0.4, -0.2) is 7.11 Å². The molecule has 0 aliphatic heterocycles. The van der Waals surface area contributed by atoms with E-state index in [-0.39, 0.29) is 0 Å². The first-order valence-corrected chi connectivity index (χ1v) is 7.25. The quantitative estimate of drug-likeness (QED) is 0.875. The molecule has 0 amide bonds. The van der Waals surface area contributed by atoms with Crippen LogP contribution in [-0.2, 0) is 13.2 Å². The van der Waals surface area contributed by atoms with Crippen molar-refractivity contribution in [2.45, 2.75) is 13.2 Å². The minimum Gasteiger partial charge on any atom is -0.497 e. The van der Waals surface area contributed by atoms with Gasteiger partial charge in [-0.2, -0.15) is 0 Å². The minimum atomic E-state index is 0.389. The van der Waals surface area contributed by atoms with Crippen molar-refractivity contribution in [3.8, 4) is 11.5 Å². The summed E-state index contributed by atoms with van der Waals surface area (Å²) in [4.78, 5) is 0. The molecular weight excluding hydrogens is 342 g/mol. The fraction of sp³-hybridized carbons (Fsp3) is 0.200. The second-order valence-electron chi connectivity index (χ2n) is 4.20. The smallest absolute Gasteiger partial charge is 0.124 e. The van der Waals surface area contributed by atoms with Crippen LogP contribution in [0.15, 0.2) is 40.9 Å². The maximum Gasteiger partial charge on any atom is 0.124 e. The van der Waals surface area contributed by atoms with E-state index < -0.39 is 0 Å². The number of ether oxygens (including phenoxy) is 2. The normalized spacial score (nSPS) is 10.4. The van der Waals surface area contributed by atoms with Crippen molar-refractivity contribution in [3.63, 3.8) is 0 Å². The summed E-state index contributed by atoms with van der Waals surface area (Å²) >= 11 is 9.54. The molecule has 0 unspecified atom stereocenters. The Kier molecular flexibility index (Phi) is 5.29. The van der Waals surface area contributed by atoms with E-state index in [0.717, 1.165) is 27.1 Å². The highest BCUT2D eigenvalue weighted by Crippen LogP contribution is 2.26. The minimum absolute atomic E-state index is 0.389. The summed E-state index contributed by atoms with van der Waals surface area (Å²) in [5, 5.41) is 0.669. The highest BCUT2D eigenvalue weighted by atomic mass is 79.9. The summed E-state index contributed by atoms with van der Waals surface area (Å²) in [6.07, 6.45) is 0. The maximum atomic E-state index is 6.16. The number of halogens is 2. The second-order valence-corrected chi connectivity index (χ2v) is 5.53. The number of benzene rings is 2. The highest BCUT2D eigenvalue weighted by molar-refractivity contribution is 9.10. The van der Waals surface area contributed by atoms with Crippen LogP contribution in [0.2, 0.25) is 5.02 Å². The number of hydrogen-bond acceptors (Lipinski definition) is 3. The molecule has 0 heterocycles. The first-order valence-electron chi connectivity index (χ1n) is 6.07. The molecule has 2 rings (SSSR count). The number of nitrogens with two attached hydrogens (primary N) is 1. The van der Waals surface area contributed by atoms with Gasteiger partial charge in [0.05, 0.1) is 7.11 Å². The molecule has 0 aromatic heterocycles. The lowest BCUT2D eigenvalue weighted by Crippen LogP contribution is -2.03. The van der Waals surface area contributed by atoms with Gasteiger partial charge in [0.15, 0.2) is 0 Å². The van der Waals surface area contributed by atoms with Crippen LogP contribution in [0.25, 0.3) is 0 Å². The highest BCUT2D eigenvalue weighted by Gasteiger charge is 2.07. The zero-order valence-electron chi connectivity index (χ0n) is 11.0. The molecule has 2 aromatic carbocycles. The van der Waals surface area contributed by atoms with Crippen LogP contribution in [0.4, 0.5) is 0 Å². The van der Waals surface area contributed by atoms with Gasteiger partial charge in [0.2, 0.25) is 0 Å². The van der Waals surface area contributed by atoms with Crippen molar-refractivity contribution in [1.82, 2.24) is 0 Å². The molecule has 20 heavy (non-hydrogen) atoms. The zero-order chi connectivity index (χ0) is 14.5. The third-order valence-corrected chi connectivity index (χ3v) is 3.73. The van der Waals surface area contributed by atoms with Gasteiger partial charge in [0.1, 0.15) is 18.1 Å². The van der Waals surface area contributed by atoms with Gasteiger partial charge >= 0.3 is 0 Å². The van der Waals surface area contributed by atoms with E-state index in [1.807, 2.05) is 36.4 Å². The molecule has 0 saturated heterocycles. The van der Waals surface area contributed by atoms with Gasteiger partial charge in [-0.3, -0.25) is 0 Å². The molecule has 0 spiro atoms. The Morgan fingerprint density at radius 1 is 1.15 bits per heavy atom. The Morgan fingerprint density at radius 2 is 1.95 bits per heavy atom. The van der Waals surface area contributed by atoms with E-state index in [1.165, 1.54) is 0 Å². The van der Waals surface area contributed by atoms with Crippen LogP contribution in [0, 0.1) is 0 Å². The number of rotatable bonds is 5. The third-order valence-electron chi connectivity index (χ3n) is 2.89. The molecule has 2 aromatic rings. The Balaban J connectivity index is 2.14. The molecule has 0 fully saturated rings. The standard InChI is InChI=1S/C15H15BrClNO2/c1-19-13-4-5-15(11(6-13)8-18)20-9-10-2-3-12(16)7-14(10)17/h2-7H,8-9,18H2,1H3. The average molecular weight is 357 g/mol. The van der Waals surface area contributed by atoms with E-state index in [1.54, 1.807) is 7.11 Å². The number of methoxy groups -OCH3 is 1. The van der Waals surface area contributed by atoms with Crippen LogP contribution < -0.4 is 15.2 Å². The first kappa shape index (κ1) is 15.2. The van der Waals surface area contributed by atoms with Crippen LogP contribution >= 0.6 is 27.5 Å². The maximum absolute atomic E-state index is 6.16. The molecule has 0 aliphatic carbocycles. The number of hydrogen-bond donors (Lipinski definition) is 1. The molecule has 2 N–H and O–H groups in total. The van der Waals surface area contributed by atoms with Crippen molar-refractivity contribution in [2.75, 3.05) is 7.11 Å². The summed E-state index contributed by atoms with van der Waals surface area (Å²) in [6.45, 7) is 0.784. The van der Waals surface area contributed by atoms with Gasteiger partial charge in [-0.15, -0.1) is 0 Å². The van der Waals surface area contributed by atoms with Crippen LogP contribution in [0.3, 0.4) is 0 Å². The SMILES string of the molecule is COc1ccc(OCc2ccc(Br)cc2Cl)c(CN)c1. The van der Waals surface area contributed by atoms with E-state index >= 15 is 0 Å². The molecule has 106 valence electrons. The van der Waals surface area contributed by atoms with Gasteiger partial charge < -0.3 is 15.2 Å². The summed E-state index contributed by atoms with van der Waals surface area (Å²) in [5.74, 6) is 1.51. The van der Waals surface area contributed by atoms with Crippen molar-refractivity contribution in [2.24, 2.45) is 5.73 Å². The summed E-state index contributed by atoms with van der Waals surface area (Å²) in [6, 6.07) is 11.3. The lowest BCUT2D eigenvalue weighted by atomic mass is 10.2. The Labute approximate surface area is 131 Å². The molecule has 0 radical (unpaired) electrons. The molecular formula is C15H15BrClNO2. The third kappa shape index (κ3) is 3.66. The summed E-state index contributed by atoms with van der Waals surface area (Å²) in [7, 11) is 1.62. The van der Waals surface area contributed by atoms with Crippen molar-refractivity contribution in [1.29, 1.82) is 0 Å². The van der Waals surface area contributed by atoms with Gasteiger partial charge in [-0.25, -0.2) is 0 Å². The average Bonchev–Trinajstić information content (AvgIpc) is 2.46. The molecule has 5 heteroatoms. The largest absolute Gasteiger partial charge is 0.497 e. The summed E-state index contributed by atoms with van der Waals surface area (Å²) in [5.41, 5.74) is 7.55. The first-order chi connectivity index (χ1) is 9.63. The zero-order valence-corrected chi connectivity index (χ0v) is 13.4. The second kappa shape index (κ2) is 6.97. The summed E-state index contributed by atoms with van der Waals surface area (Å²) < 4.78 is 11.9. The Bertz CT molecular complexity index is 604. The monoisotopic (exact) mass is 355 g/mol. The van der Waals surface area contributed by atoms with E-state index in [9.17, 15) is 0 Å². The van der Waals surface area contributed by atoms with Crippen LogP contribution in [0.5, 0.6) is 11.5 Å². The molecule has 0 saturated carbocycles.